The van der Waals surface area contributed by atoms with Crippen molar-refractivity contribution in [1.29, 1.82) is 0 Å². The van der Waals surface area contributed by atoms with Gasteiger partial charge in [-0.25, -0.2) is 0 Å². The zero-order chi connectivity index (χ0) is 15.5. The molecule has 1 aromatic rings. The van der Waals surface area contributed by atoms with Crippen molar-refractivity contribution in [3.63, 3.8) is 0 Å². The average Bonchev–Trinajstić information content (AvgIpc) is 2.80. The predicted octanol–water partition coefficient (Wildman–Crippen LogP) is 4.12. The first-order chi connectivity index (χ1) is 10.4. The number of carbonyl (C=O) groups is 1. The van der Waals surface area contributed by atoms with E-state index in [0.29, 0.717) is 18.4 Å². The monoisotopic (exact) mass is 321 g/mol. The number of amides is 1. The molecule has 0 radical (unpaired) electrons. The van der Waals surface area contributed by atoms with Gasteiger partial charge < -0.3 is 9.32 Å². The highest BCUT2D eigenvalue weighted by atomic mass is 35.5. The van der Waals surface area contributed by atoms with Gasteiger partial charge in [-0.2, -0.15) is 0 Å². The summed E-state index contributed by atoms with van der Waals surface area (Å²) in [5, 5.41) is 0. The van der Waals surface area contributed by atoms with Crippen molar-refractivity contribution in [2.24, 2.45) is 17.3 Å². The van der Waals surface area contributed by atoms with Crippen LogP contribution in [0.4, 0.5) is 0 Å². The third-order valence-corrected chi connectivity index (χ3v) is 6.42. The van der Waals surface area contributed by atoms with Gasteiger partial charge in [-0.3, -0.25) is 4.79 Å². The number of hydrogen-bond donors (Lipinski definition) is 0. The van der Waals surface area contributed by atoms with Crippen LogP contribution in [0.25, 0.3) is 0 Å². The third kappa shape index (κ3) is 2.29. The Bertz CT molecular complexity index is 594. The Morgan fingerprint density at radius 3 is 2.55 bits per heavy atom. The van der Waals surface area contributed by atoms with Crippen LogP contribution in [0.1, 0.15) is 50.0 Å². The van der Waals surface area contributed by atoms with E-state index in [4.69, 9.17) is 16.0 Å². The average molecular weight is 322 g/mol. The highest BCUT2D eigenvalue weighted by molar-refractivity contribution is 6.24. The molecule has 4 aliphatic carbocycles. The van der Waals surface area contributed by atoms with Crippen molar-refractivity contribution in [3.8, 4) is 0 Å². The molecule has 1 heterocycles. The van der Waals surface area contributed by atoms with Gasteiger partial charge in [0, 0.05) is 11.9 Å². The summed E-state index contributed by atoms with van der Waals surface area (Å²) in [4.78, 5) is 14.9. The standard InChI is InChI=1S/C18H24ClNO2/c1-12-3-4-15(22-12)10-20(2)16(21)17-6-13-5-14(7-17)9-18(19,8-13)11-17/h3-4,13-14H,5-11H2,1-2H3/t13-,14+,17?,18?. The van der Waals surface area contributed by atoms with Crippen LogP contribution in [-0.2, 0) is 11.3 Å². The maximum absolute atomic E-state index is 13.2. The van der Waals surface area contributed by atoms with Crippen molar-refractivity contribution in [3.05, 3.63) is 23.7 Å². The number of alkyl halides is 1. The van der Waals surface area contributed by atoms with Gasteiger partial charge in [0.1, 0.15) is 11.5 Å². The van der Waals surface area contributed by atoms with E-state index in [1.165, 1.54) is 6.42 Å². The molecular formula is C18H24ClNO2. The van der Waals surface area contributed by atoms with E-state index >= 15 is 0 Å². The highest BCUT2D eigenvalue weighted by Gasteiger charge is 2.60. The van der Waals surface area contributed by atoms with Gasteiger partial charge in [0.25, 0.3) is 0 Å². The molecule has 0 spiro atoms. The molecule has 3 nitrogen and oxygen atoms in total. The van der Waals surface area contributed by atoms with Gasteiger partial charge in [-0.05, 0) is 69.4 Å². The Balaban J connectivity index is 1.54. The van der Waals surface area contributed by atoms with Crippen LogP contribution in [0, 0.1) is 24.2 Å². The predicted molar refractivity (Wildman–Crippen MR) is 85.6 cm³/mol. The molecule has 5 rings (SSSR count). The molecule has 4 bridgehead atoms. The summed E-state index contributed by atoms with van der Waals surface area (Å²) in [6.07, 6.45) is 6.46. The van der Waals surface area contributed by atoms with E-state index in [2.05, 4.69) is 0 Å². The minimum Gasteiger partial charge on any atom is -0.464 e. The molecule has 0 aromatic carbocycles. The molecule has 4 fully saturated rings. The lowest BCUT2D eigenvalue weighted by molar-refractivity contribution is -0.155. The van der Waals surface area contributed by atoms with Gasteiger partial charge in [0.05, 0.1) is 12.0 Å². The molecule has 1 aromatic heterocycles. The summed E-state index contributed by atoms with van der Waals surface area (Å²) in [6.45, 7) is 2.49. The van der Waals surface area contributed by atoms with Gasteiger partial charge in [-0.15, -0.1) is 11.6 Å². The second-order valence-electron chi connectivity index (χ2n) is 8.07. The quantitative estimate of drug-likeness (QED) is 0.784. The summed E-state index contributed by atoms with van der Waals surface area (Å²) < 4.78 is 5.62. The van der Waals surface area contributed by atoms with Crippen LogP contribution in [0.2, 0.25) is 0 Å². The molecule has 120 valence electrons. The van der Waals surface area contributed by atoms with Crippen LogP contribution in [-0.4, -0.2) is 22.7 Å². The molecule has 2 unspecified atom stereocenters. The lowest BCUT2D eigenvalue weighted by Crippen LogP contribution is -2.58. The van der Waals surface area contributed by atoms with E-state index in [9.17, 15) is 4.79 Å². The number of aryl methyl sites for hydroxylation is 1. The molecule has 4 atom stereocenters. The number of halogens is 1. The van der Waals surface area contributed by atoms with E-state index in [0.717, 1.165) is 43.6 Å². The topological polar surface area (TPSA) is 33.5 Å². The van der Waals surface area contributed by atoms with E-state index < -0.39 is 0 Å². The summed E-state index contributed by atoms with van der Waals surface area (Å²) in [5.74, 6) is 3.34. The van der Waals surface area contributed by atoms with Crippen molar-refractivity contribution in [2.45, 2.75) is 56.9 Å². The van der Waals surface area contributed by atoms with Crippen LogP contribution < -0.4 is 0 Å². The fraction of sp³-hybridized carbons (Fsp3) is 0.722. The molecule has 0 aliphatic heterocycles. The Morgan fingerprint density at radius 1 is 1.32 bits per heavy atom. The number of rotatable bonds is 3. The van der Waals surface area contributed by atoms with Gasteiger partial charge >= 0.3 is 0 Å². The number of furan rings is 1. The van der Waals surface area contributed by atoms with Crippen molar-refractivity contribution < 1.29 is 9.21 Å². The first kappa shape index (κ1) is 14.6. The Kier molecular flexibility index (Phi) is 3.17. The van der Waals surface area contributed by atoms with Crippen molar-refractivity contribution in [2.75, 3.05) is 7.05 Å². The first-order valence-electron chi connectivity index (χ1n) is 8.37. The molecule has 4 aliphatic rings. The molecule has 0 N–H and O–H groups in total. The summed E-state index contributed by atoms with van der Waals surface area (Å²) in [7, 11) is 1.90. The summed E-state index contributed by atoms with van der Waals surface area (Å²) in [5.41, 5.74) is -0.206. The van der Waals surface area contributed by atoms with E-state index in [1.54, 1.807) is 0 Å². The van der Waals surface area contributed by atoms with Crippen molar-refractivity contribution >= 4 is 17.5 Å². The summed E-state index contributed by atoms with van der Waals surface area (Å²) in [6, 6.07) is 3.91. The second kappa shape index (κ2) is 4.77. The number of nitrogens with zero attached hydrogens (tertiary/aromatic N) is 1. The second-order valence-corrected chi connectivity index (χ2v) is 8.87. The molecular weight excluding hydrogens is 298 g/mol. The lowest BCUT2D eigenvalue weighted by atomic mass is 9.49. The molecule has 0 saturated heterocycles. The van der Waals surface area contributed by atoms with Crippen LogP contribution in [0.15, 0.2) is 16.5 Å². The molecule has 1 amide bonds. The van der Waals surface area contributed by atoms with E-state index in [-0.39, 0.29) is 16.2 Å². The summed E-state index contributed by atoms with van der Waals surface area (Å²) >= 11 is 6.84. The van der Waals surface area contributed by atoms with Gasteiger partial charge in [0.15, 0.2) is 0 Å². The smallest absolute Gasteiger partial charge is 0.229 e. The minimum absolute atomic E-state index is 0.109. The number of hydrogen-bond acceptors (Lipinski definition) is 2. The van der Waals surface area contributed by atoms with E-state index in [1.807, 2.05) is 31.0 Å². The Labute approximate surface area is 137 Å². The normalized spacial score (nSPS) is 39.2. The van der Waals surface area contributed by atoms with Gasteiger partial charge in [-0.1, -0.05) is 0 Å². The van der Waals surface area contributed by atoms with Crippen LogP contribution in [0.5, 0.6) is 0 Å². The van der Waals surface area contributed by atoms with Crippen LogP contribution >= 0.6 is 11.6 Å². The van der Waals surface area contributed by atoms with Crippen molar-refractivity contribution in [1.82, 2.24) is 4.90 Å². The largest absolute Gasteiger partial charge is 0.464 e. The fourth-order valence-electron chi connectivity index (χ4n) is 5.68. The minimum atomic E-state index is -0.206. The Hall–Kier alpha value is -0.960. The maximum Gasteiger partial charge on any atom is 0.229 e. The highest BCUT2D eigenvalue weighted by Crippen LogP contribution is 2.64. The lowest BCUT2D eigenvalue weighted by Gasteiger charge is -2.59. The molecule has 4 heteroatoms. The SMILES string of the molecule is Cc1ccc(CN(C)C(=O)C23C[C@@H]4C[C@@H](CC(Cl)(C4)C2)C3)o1. The third-order valence-electron chi connectivity index (χ3n) is 5.98. The molecule has 4 saturated carbocycles. The zero-order valence-electron chi connectivity index (χ0n) is 13.4. The fourth-order valence-corrected chi connectivity index (χ4v) is 6.37. The number of carbonyl (C=O) groups excluding carboxylic acids is 1. The maximum atomic E-state index is 13.2. The van der Waals surface area contributed by atoms with Gasteiger partial charge in [0.2, 0.25) is 5.91 Å². The Morgan fingerprint density at radius 2 is 2.00 bits per heavy atom. The molecule has 22 heavy (non-hydrogen) atoms. The first-order valence-corrected chi connectivity index (χ1v) is 8.75. The van der Waals surface area contributed by atoms with Crippen LogP contribution in [0.3, 0.4) is 0 Å². The zero-order valence-corrected chi connectivity index (χ0v) is 14.2.